The van der Waals surface area contributed by atoms with Gasteiger partial charge in [-0.15, -0.1) is 0 Å². The minimum Gasteiger partial charge on any atom is -0.481 e. The molecule has 0 aliphatic rings. The van der Waals surface area contributed by atoms with Crippen molar-refractivity contribution < 1.29 is 23.8 Å². The Morgan fingerprint density at radius 3 is 2.42 bits per heavy atom. The van der Waals surface area contributed by atoms with E-state index in [1.807, 2.05) is 13.8 Å². The largest absolute Gasteiger partial charge is 0.481 e. The van der Waals surface area contributed by atoms with Gasteiger partial charge in [-0.1, -0.05) is 13.8 Å². The number of nitrogen functional groups attached to an aromatic ring is 1. The van der Waals surface area contributed by atoms with E-state index in [-0.39, 0.29) is 25.3 Å². The van der Waals surface area contributed by atoms with Crippen molar-refractivity contribution in [2.24, 2.45) is 11.3 Å². The normalized spacial score (nSPS) is 14.0. The topological polar surface area (TPSA) is 102 Å². The zero-order chi connectivity index (χ0) is 20.1. The zero-order valence-electron chi connectivity index (χ0n) is 16.1. The average Bonchev–Trinajstić information content (AvgIpc) is 2.46. The molecule has 0 saturated heterocycles. The number of ether oxygens (including phenoxy) is 1. The number of carbonyl (C=O) groups excluding carboxylic acids is 1. The summed E-state index contributed by atoms with van der Waals surface area (Å²) in [5.74, 6) is -1.52. The van der Waals surface area contributed by atoms with Crippen molar-refractivity contribution in [2.75, 3.05) is 12.3 Å². The van der Waals surface area contributed by atoms with E-state index < -0.39 is 28.9 Å². The molecule has 0 radical (unpaired) electrons. The van der Waals surface area contributed by atoms with Crippen molar-refractivity contribution >= 4 is 17.7 Å². The van der Waals surface area contributed by atoms with E-state index in [0.717, 1.165) is 0 Å². The van der Waals surface area contributed by atoms with Gasteiger partial charge in [0.15, 0.2) is 0 Å². The van der Waals surface area contributed by atoms with Gasteiger partial charge in [0, 0.05) is 12.2 Å². The molecule has 0 aliphatic carbocycles. The number of carboxylic acids is 1. The second-order valence-corrected chi connectivity index (χ2v) is 8.06. The van der Waals surface area contributed by atoms with Crippen LogP contribution in [0.25, 0.3) is 0 Å². The van der Waals surface area contributed by atoms with E-state index in [9.17, 15) is 19.1 Å². The first kappa shape index (κ1) is 21.7. The molecule has 1 aromatic carbocycles. The molecule has 1 rings (SSSR count). The molecule has 1 unspecified atom stereocenters. The second kappa shape index (κ2) is 8.38. The summed E-state index contributed by atoms with van der Waals surface area (Å²) in [6.07, 6.45) is -0.410. The third-order valence-corrected chi connectivity index (χ3v) is 3.86. The van der Waals surface area contributed by atoms with Crippen molar-refractivity contribution in [3.05, 3.63) is 29.6 Å². The molecule has 1 amide bonds. The van der Waals surface area contributed by atoms with Crippen LogP contribution in [0.4, 0.5) is 14.9 Å². The minimum absolute atomic E-state index is 0.0000947. The van der Waals surface area contributed by atoms with Crippen molar-refractivity contribution in [2.45, 2.75) is 53.1 Å². The number of hydrogen-bond donors (Lipinski definition) is 3. The van der Waals surface area contributed by atoms with Crippen molar-refractivity contribution in [1.29, 1.82) is 0 Å². The van der Waals surface area contributed by atoms with Crippen LogP contribution < -0.4 is 11.1 Å². The van der Waals surface area contributed by atoms with Crippen LogP contribution in [0.2, 0.25) is 0 Å². The summed E-state index contributed by atoms with van der Waals surface area (Å²) < 4.78 is 18.8. The van der Waals surface area contributed by atoms with E-state index in [0.29, 0.717) is 11.3 Å². The smallest absolute Gasteiger partial charge is 0.407 e. The fraction of sp³-hybridized carbons (Fsp3) is 0.579. The number of carboxylic acid groups (broad SMARTS) is 1. The van der Waals surface area contributed by atoms with E-state index >= 15 is 0 Å². The maximum atomic E-state index is 13.6. The van der Waals surface area contributed by atoms with Crippen molar-refractivity contribution in [3.63, 3.8) is 0 Å². The summed E-state index contributed by atoms with van der Waals surface area (Å²) in [4.78, 5) is 24.1. The molecule has 26 heavy (non-hydrogen) atoms. The van der Waals surface area contributed by atoms with E-state index in [2.05, 4.69) is 5.32 Å². The molecule has 0 saturated carbocycles. The average molecular weight is 368 g/mol. The van der Waals surface area contributed by atoms with Gasteiger partial charge in [0.05, 0.1) is 5.41 Å². The number of anilines is 1. The van der Waals surface area contributed by atoms with Crippen LogP contribution in [0, 0.1) is 17.2 Å². The molecule has 1 aromatic rings. The third-order valence-electron chi connectivity index (χ3n) is 3.86. The van der Waals surface area contributed by atoms with Crippen LogP contribution >= 0.6 is 0 Å². The number of carbonyl (C=O) groups is 2. The van der Waals surface area contributed by atoms with Gasteiger partial charge in [-0.3, -0.25) is 4.79 Å². The Kier molecular flexibility index (Phi) is 7.00. The monoisotopic (exact) mass is 368 g/mol. The fourth-order valence-corrected chi connectivity index (χ4v) is 2.87. The van der Waals surface area contributed by atoms with Crippen molar-refractivity contribution in [1.82, 2.24) is 5.32 Å². The van der Waals surface area contributed by atoms with Crippen LogP contribution in [0.15, 0.2) is 18.2 Å². The van der Waals surface area contributed by atoms with E-state index in [4.69, 9.17) is 10.5 Å². The predicted molar refractivity (Wildman–Crippen MR) is 98.3 cm³/mol. The van der Waals surface area contributed by atoms with Crippen LogP contribution in [-0.2, 0) is 16.0 Å². The molecule has 146 valence electrons. The number of halogens is 1. The number of nitrogens with one attached hydrogen (secondary N) is 1. The molecule has 0 aliphatic heterocycles. The van der Waals surface area contributed by atoms with Gasteiger partial charge in [-0.05, 0) is 63.3 Å². The van der Waals surface area contributed by atoms with Crippen LogP contribution in [0.1, 0.15) is 46.6 Å². The molecular formula is C19H29FN2O4. The highest BCUT2D eigenvalue weighted by Gasteiger charge is 2.40. The Hall–Kier alpha value is -2.31. The lowest BCUT2D eigenvalue weighted by molar-refractivity contribution is -0.149. The fourth-order valence-electron chi connectivity index (χ4n) is 2.87. The predicted octanol–water partition coefficient (Wildman–Crippen LogP) is 3.59. The highest BCUT2D eigenvalue weighted by Crippen LogP contribution is 2.33. The molecule has 0 bridgehead atoms. The molecule has 0 spiro atoms. The minimum atomic E-state index is -1.33. The van der Waals surface area contributed by atoms with Crippen LogP contribution in [0.3, 0.4) is 0 Å². The van der Waals surface area contributed by atoms with Gasteiger partial charge in [0.25, 0.3) is 0 Å². The standard InChI is InChI=1S/C19H29FN2O4/c1-12(2)9-19(16(23)24,11-22-17(25)26-18(3,4)5)10-13-8-14(20)6-7-15(13)21/h6-8,12H,9-11,21H2,1-5H3,(H,22,25)(H,23,24). The maximum absolute atomic E-state index is 13.6. The summed E-state index contributed by atoms with van der Waals surface area (Å²) in [5, 5.41) is 12.5. The molecular weight excluding hydrogens is 339 g/mol. The number of aliphatic carboxylic acids is 1. The zero-order valence-corrected chi connectivity index (χ0v) is 16.1. The summed E-state index contributed by atoms with van der Waals surface area (Å²) in [5.41, 5.74) is 4.59. The number of benzene rings is 1. The molecule has 1 atom stereocenters. The highest BCUT2D eigenvalue weighted by atomic mass is 19.1. The van der Waals surface area contributed by atoms with Crippen LogP contribution in [0.5, 0.6) is 0 Å². The van der Waals surface area contributed by atoms with E-state index in [1.54, 1.807) is 20.8 Å². The lowest BCUT2D eigenvalue weighted by atomic mass is 9.75. The Labute approximate surface area is 153 Å². The second-order valence-electron chi connectivity index (χ2n) is 8.06. The number of hydrogen-bond acceptors (Lipinski definition) is 4. The summed E-state index contributed by atoms with van der Waals surface area (Å²) >= 11 is 0. The van der Waals surface area contributed by atoms with Gasteiger partial charge in [-0.25, -0.2) is 9.18 Å². The molecule has 0 fully saturated rings. The van der Waals surface area contributed by atoms with Gasteiger partial charge in [-0.2, -0.15) is 0 Å². The molecule has 0 aromatic heterocycles. The first-order chi connectivity index (χ1) is 11.8. The van der Waals surface area contributed by atoms with E-state index in [1.165, 1.54) is 18.2 Å². The number of amides is 1. The highest BCUT2D eigenvalue weighted by molar-refractivity contribution is 5.77. The summed E-state index contributed by atoms with van der Waals surface area (Å²) in [6, 6.07) is 3.87. The van der Waals surface area contributed by atoms with Gasteiger partial charge in [0.1, 0.15) is 11.4 Å². The number of alkyl carbamates (subject to hydrolysis) is 1. The Morgan fingerprint density at radius 1 is 1.31 bits per heavy atom. The molecule has 7 heteroatoms. The molecule has 4 N–H and O–H groups in total. The Balaban J connectivity index is 3.11. The van der Waals surface area contributed by atoms with Crippen LogP contribution in [-0.4, -0.2) is 29.3 Å². The van der Waals surface area contributed by atoms with Gasteiger partial charge < -0.3 is 20.9 Å². The molecule has 0 heterocycles. The van der Waals surface area contributed by atoms with Gasteiger partial charge in [0.2, 0.25) is 0 Å². The third kappa shape index (κ3) is 6.54. The van der Waals surface area contributed by atoms with Gasteiger partial charge >= 0.3 is 12.1 Å². The summed E-state index contributed by atoms with van der Waals surface area (Å²) in [6.45, 7) is 8.79. The number of rotatable bonds is 7. The lowest BCUT2D eigenvalue weighted by Gasteiger charge is -2.32. The first-order valence-corrected chi connectivity index (χ1v) is 8.59. The first-order valence-electron chi connectivity index (χ1n) is 8.59. The summed E-state index contributed by atoms with van der Waals surface area (Å²) in [7, 11) is 0. The quantitative estimate of drug-likeness (QED) is 0.638. The maximum Gasteiger partial charge on any atom is 0.407 e. The SMILES string of the molecule is CC(C)CC(CNC(=O)OC(C)(C)C)(Cc1cc(F)ccc1N)C(=O)O. The Morgan fingerprint density at radius 2 is 1.92 bits per heavy atom. The number of nitrogens with two attached hydrogens (primary N) is 1. The lowest BCUT2D eigenvalue weighted by Crippen LogP contribution is -2.46. The Bertz CT molecular complexity index is 655. The molecule has 6 nitrogen and oxygen atoms in total. The van der Waals surface area contributed by atoms with Crippen molar-refractivity contribution in [3.8, 4) is 0 Å².